The second-order valence-corrected chi connectivity index (χ2v) is 4.89. The van der Waals surface area contributed by atoms with Crippen LogP contribution >= 0.6 is 0 Å². The molecule has 0 radical (unpaired) electrons. The second-order valence-electron chi connectivity index (χ2n) is 4.89. The number of rotatable bonds is 2. The highest BCUT2D eigenvalue weighted by molar-refractivity contribution is 4.80. The lowest BCUT2D eigenvalue weighted by Gasteiger charge is -2.38. The van der Waals surface area contributed by atoms with Crippen LogP contribution in [0.4, 0.5) is 0 Å². The molecule has 3 unspecified atom stereocenters. The Balaban J connectivity index is 2.57. The molecule has 0 saturated heterocycles. The summed E-state index contributed by atoms with van der Waals surface area (Å²) in [5.41, 5.74) is 0. The van der Waals surface area contributed by atoms with E-state index in [1.165, 1.54) is 25.7 Å². The molecule has 1 aliphatic carbocycles. The van der Waals surface area contributed by atoms with Gasteiger partial charge in [0.25, 0.3) is 0 Å². The summed E-state index contributed by atoms with van der Waals surface area (Å²) in [6.07, 6.45) is 5.83. The Morgan fingerprint density at radius 3 is 2.33 bits per heavy atom. The van der Waals surface area contributed by atoms with Crippen molar-refractivity contribution >= 4 is 0 Å². The van der Waals surface area contributed by atoms with Gasteiger partial charge in [0.15, 0.2) is 0 Å². The molecular formula is C12H24. The van der Waals surface area contributed by atoms with Gasteiger partial charge in [0.05, 0.1) is 0 Å². The highest BCUT2D eigenvalue weighted by atomic mass is 14.4. The number of hydrogen-bond acceptors (Lipinski definition) is 0. The summed E-state index contributed by atoms with van der Waals surface area (Å²) in [6.45, 7) is 9.60. The molecule has 1 saturated carbocycles. The summed E-state index contributed by atoms with van der Waals surface area (Å²) < 4.78 is 0. The first kappa shape index (κ1) is 10.1. The third kappa shape index (κ3) is 2.02. The van der Waals surface area contributed by atoms with Gasteiger partial charge in [0, 0.05) is 0 Å². The van der Waals surface area contributed by atoms with Crippen molar-refractivity contribution in [3.05, 3.63) is 0 Å². The molecule has 0 heteroatoms. The topological polar surface area (TPSA) is 0 Å². The molecule has 1 fully saturated rings. The molecule has 0 aromatic heterocycles. The van der Waals surface area contributed by atoms with E-state index in [0.29, 0.717) is 0 Å². The van der Waals surface area contributed by atoms with Gasteiger partial charge >= 0.3 is 0 Å². The molecule has 0 aliphatic heterocycles. The lowest BCUT2D eigenvalue weighted by molar-refractivity contribution is 0.119. The minimum atomic E-state index is 0.901. The minimum absolute atomic E-state index is 0.901. The first-order valence-electron chi connectivity index (χ1n) is 5.66. The van der Waals surface area contributed by atoms with E-state index >= 15 is 0 Å². The fraction of sp³-hybridized carbons (Fsp3) is 1.00. The normalized spacial score (nSPS) is 37.2. The summed E-state index contributed by atoms with van der Waals surface area (Å²) >= 11 is 0. The van der Waals surface area contributed by atoms with E-state index in [9.17, 15) is 0 Å². The number of hydrogen-bond donors (Lipinski definition) is 0. The van der Waals surface area contributed by atoms with Gasteiger partial charge in [-0.15, -0.1) is 0 Å². The van der Waals surface area contributed by atoms with Crippen LogP contribution in [-0.4, -0.2) is 0 Å². The third-order valence-corrected chi connectivity index (χ3v) is 3.81. The van der Waals surface area contributed by atoms with Crippen LogP contribution in [0, 0.1) is 23.7 Å². The smallest absolute Gasteiger partial charge is 0.0360 e. The largest absolute Gasteiger partial charge is 0.0651 e. The Hall–Kier alpha value is 0. The lowest BCUT2D eigenvalue weighted by Crippen LogP contribution is -2.29. The quantitative estimate of drug-likeness (QED) is 0.582. The van der Waals surface area contributed by atoms with Crippen molar-refractivity contribution in [2.45, 2.75) is 53.4 Å². The maximum Gasteiger partial charge on any atom is -0.0360 e. The van der Waals surface area contributed by atoms with Crippen LogP contribution in [0.3, 0.4) is 0 Å². The second kappa shape index (κ2) is 4.30. The van der Waals surface area contributed by atoms with Crippen LogP contribution < -0.4 is 0 Å². The van der Waals surface area contributed by atoms with Gasteiger partial charge in [0.2, 0.25) is 0 Å². The van der Waals surface area contributed by atoms with E-state index < -0.39 is 0 Å². The maximum atomic E-state index is 2.45. The van der Waals surface area contributed by atoms with Crippen LogP contribution in [0.25, 0.3) is 0 Å². The Labute approximate surface area is 77.7 Å². The van der Waals surface area contributed by atoms with Crippen molar-refractivity contribution in [2.75, 3.05) is 0 Å². The van der Waals surface area contributed by atoms with E-state index in [4.69, 9.17) is 0 Å². The first-order valence-corrected chi connectivity index (χ1v) is 5.66. The average molecular weight is 168 g/mol. The Kier molecular flexibility index (Phi) is 3.61. The first-order chi connectivity index (χ1) is 5.66. The van der Waals surface area contributed by atoms with Crippen molar-refractivity contribution in [1.29, 1.82) is 0 Å². The van der Waals surface area contributed by atoms with Crippen LogP contribution in [0.15, 0.2) is 0 Å². The van der Waals surface area contributed by atoms with E-state index in [1.54, 1.807) is 0 Å². The van der Waals surface area contributed by atoms with E-state index in [2.05, 4.69) is 27.7 Å². The molecule has 0 aromatic rings. The fourth-order valence-electron chi connectivity index (χ4n) is 3.06. The Morgan fingerprint density at radius 2 is 1.92 bits per heavy atom. The zero-order valence-corrected chi connectivity index (χ0v) is 9.14. The SMILES string of the molecule is CCC1C(C)CCCC1C(C)C. The van der Waals surface area contributed by atoms with Crippen LogP contribution in [-0.2, 0) is 0 Å². The Morgan fingerprint density at radius 1 is 1.25 bits per heavy atom. The third-order valence-electron chi connectivity index (χ3n) is 3.81. The van der Waals surface area contributed by atoms with Gasteiger partial charge < -0.3 is 0 Å². The summed E-state index contributed by atoms with van der Waals surface area (Å²) in [6, 6.07) is 0. The summed E-state index contributed by atoms with van der Waals surface area (Å²) in [4.78, 5) is 0. The highest BCUT2D eigenvalue weighted by Crippen LogP contribution is 2.40. The molecule has 72 valence electrons. The summed E-state index contributed by atoms with van der Waals surface area (Å²) in [5, 5.41) is 0. The average Bonchev–Trinajstić information content (AvgIpc) is 2.03. The minimum Gasteiger partial charge on any atom is -0.0651 e. The van der Waals surface area contributed by atoms with Crippen molar-refractivity contribution < 1.29 is 0 Å². The fourth-order valence-corrected chi connectivity index (χ4v) is 3.06. The van der Waals surface area contributed by atoms with E-state index in [1.807, 2.05) is 0 Å². The van der Waals surface area contributed by atoms with Gasteiger partial charge in [-0.3, -0.25) is 0 Å². The summed E-state index contributed by atoms with van der Waals surface area (Å²) in [5.74, 6) is 3.91. The zero-order valence-electron chi connectivity index (χ0n) is 9.14. The van der Waals surface area contributed by atoms with Gasteiger partial charge in [-0.1, -0.05) is 47.0 Å². The van der Waals surface area contributed by atoms with Crippen molar-refractivity contribution in [3.8, 4) is 0 Å². The van der Waals surface area contributed by atoms with Crippen LogP contribution in [0.1, 0.15) is 53.4 Å². The predicted octanol–water partition coefficient (Wildman–Crippen LogP) is 4.10. The Bertz CT molecular complexity index is 126. The van der Waals surface area contributed by atoms with Gasteiger partial charge in [-0.25, -0.2) is 0 Å². The molecule has 12 heavy (non-hydrogen) atoms. The molecule has 0 bridgehead atoms. The predicted molar refractivity (Wildman–Crippen MR) is 55.1 cm³/mol. The molecule has 1 rings (SSSR count). The molecule has 0 spiro atoms. The standard InChI is InChI=1S/C12H24/c1-5-11-10(4)7-6-8-12(11)9(2)3/h9-12H,5-8H2,1-4H3. The molecule has 1 aliphatic rings. The van der Waals surface area contributed by atoms with Crippen LogP contribution in [0.2, 0.25) is 0 Å². The molecule has 0 nitrogen and oxygen atoms in total. The molecular weight excluding hydrogens is 144 g/mol. The van der Waals surface area contributed by atoms with Gasteiger partial charge in [-0.2, -0.15) is 0 Å². The summed E-state index contributed by atoms with van der Waals surface area (Å²) in [7, 11) is 0. The van der Waals surface area contributed by atoms with Crippen molar-refractivity contribution in [2.24, 2.45) is 23.7 Å². The van der Waals surface area contributed by atoms with Crippen molar-refractivity contribution in [3.63, 3.8) is 0 Å². The van der Waals surface area contributed by atoms with Crippen molar-refractivity contribution in [1.82, 2.24) is 0 Å². The molecule has 3 atom stereocenters. The van der Waals surface area contributed by atoms with Gasteiger partial charge in [-0.05, 0) is 30.1 Å². The lowest BCUT2D eigenvalue weighted by atomic mass is 9.67. The van der Waals surface area contributed by atoms with Crippen LogP contribution in [0.5, 0.6) is 0 Å². The zero-order chi connectivity index (χ0) is 9.14. The molecule has 0 N–H and O–H groups in total. The maximum absolute atomic E-state index is 2.45. The molecule has 0 amide bonds. The molecule has 0 aromatic carbocycles. The monoisotopic (exact) mass is 168 g/mol. The molecule has 0 heterocycles. The van der Waals surface area contributed by atoms with E-state index in [0.717, 1.165) is 23.7 Å². The highest BCUT2D eigenvalue weighted by Gasteiger charge is 2.30. The van der Waals surface area contributed by atoms with Gasteiger partial charge in [0.1, 0.15) is 0 Å². The van der Waals surface area contributed by atoms with E-state index in [-0.39, 0.29) is 0 Å².